The van der Waals surface area contributed by atoms with Crippen LogP contribution in [0.4, 0.5) is 0 Å². The summed E-state index contributed by atoms with van der Waals surface area (Å²) in [6.07, 6.45) is 0.657. The zero-order chi connectivity index (χ0) is 17.0. The number of rotatable bonds is 7. The first kappa shape index (κ1) is 17.4. The number of benzene rings is 1. The number of hydrogen-bond donors (Lipinski definition) is 2. The Labute approximate surface area is 135 Å². The molecule has 23 heavy (non-hydrogen) atoms. The Balaban J connectivity index is 1.98. The normalized spacial score (nSPS) is 19.8. The van der Waals surface area contributed by atoms with E-state index in [0.29, 0.717) is 13.0 Å². The summed E-state index contributed by atoms with van der Waals surface area (Å²) >= 11 is 0. The number of nitrogens with one attached hydrogen (secondary N) is 1. The lowest BCUT2D eigenvalue weighted by Crippen LogP contribution is -2.45. The average Bonchev–Trinajstić information content (AvgIpc) is 2.88. The Morgan fingerprint density at radius 3 is 2.61 bits per heavy atom. The summed E-state index contributed by atoms with van der Waals surface area (Å²) in [6.45, 7) is 2.26. The minimum absolute atomic E-state index is 0.147. The number of nitrogens with zero attached hydrogens (tertiary/aromatic N) is 1. The first-order chi connectivity index (χ1) is 10.8. The van der Waals surface area contributed by atoms with Crippen LogP contribution in [-0.2, 0) is 19.6 Å². The zero-order valence-electron chi connectivity index (χ0n) is 12.9. The summed E-state index contributed by atoms with van der Waals surface area (Å²) in [5, 5.41) is 0. The molecule has 2 amide bonds. The van der Waals surface area contributed by atoms with Crippen LogP contribution in [0.3, 0.4) is 0 Å². The topological polar surface area (TPSA) is 110 Å². The summed E-state index contributed by atoms with van der Waals surface area (Å²) in [6, 6.07) is 7.42. The maximum atomic E-state index is 12.2. The van der Waals surface area contributed by atoms with Gasteiger partial charge in [-0.05, 0) is 24.5 Å². The van der Waals surface area contributed by atoms with Crippen LogP contribution in [0.5, 0.6) is 0 Å². The van der Waals surface area contributed by atoms with Gasteiger partial charge in [-0.15, -0.1) is 0 Å². The molecule has 1 heterocycles. The highest BCUT2D eigenvalue weighted by atomic mass is 32.2. The Kier molecular flexibility index (Phi) is 5.38. The van der Waals surface area contributed by atoms with Crippen molar-refractivity contribution in [3.05, 3.63) is 30.3 Å². The van der Waals surface area contributed by atoms with Gasteiger partial charge in [0.1, 0.15) is 6.04 Å². The van der Waals surface area contributed by atoms with Gasteiger partial charge in [0.15, 0.2) is 0 Å². The average molecular weight is 339 g/mol. The van der Waals surface area contributed by atoms with Crippen molar-refractivity contribution in [2.45, 2.75) is 30.7 Å². The van der Waals surface area contributed by atoms with Gasteiger partial charge in [-0.3, -0.25) is 9.59 Å². The van der Waals surface area contributed by atoms with E-state index in [1.54, 1.807) is 25.1 Å². The van der Waals surface area contributed by atoms with E-state index in [9.17, 15) is 18.0 Å². The van der Waals surface area contributed by atoms with Gasteiger partial charge in [0.05, 0.1) is 4.90 Å². The fourth-order valence-electron chi connectivity index (χ4n) is 2.73. The van der Waals surface area contributed by atoms with Crippen LogP contribution in [0.2, 0.25) is 0 Å². The van der Waals surface area contributed by atoms with Crippen LogP contribution in [0.1, 0.15) is 19.8 Å². The molecular formula is C15H21N3O4S. The van der Waals surface area contributed by atoms with E-state index in [1.807, 2.05) is 0 Å². The van der Waals surface area contributed by atoms with E-state index in [1.165, 1.54) is 17.0 Å². The molecule has 126 valence electrons. The molecule has 1 aliphatic rings. The lowest BCUT2D eigenvalue weighted by atomic mass is 10.1. The molecule has 7 nitrogen and oxygen atoms in total. The molecule has 1 fully saturated rings. The summed E-state index contributed by atoms with van der Waals surface area (Å²) < 4.78 is 26.9. The van der Waals surface area contributed by atoms with Gasteiger partial charge in [-0.25, -0.2) is 13.1 Å². The molecule has 3 N–H and O–H groups in total. The highest BCUT2D eigenvalue weighted by Gasteiger charge is 2.36. The van der Waals surface area contributed by atoms with Crippen molar-refractivity contribution in [2.24, 2.45) is 11.7 Å². The molecule has 1 saturated heterocycles. The van der Waals surface area contributed by atoms with Crippen molar-refractivity contribution in [2.75, 3.05) is 13.1 Å². The van der Waals surface area contributed by atoms with Gasteiger partial charge in [0.25, 0.3) is 0 Å². The molecule has 0 unspecified atom stereocenters. The molecule has 1 aromatic rings. The van der Waals surface area contributed by atoms with Crippen LogP contribution < -0.4 is 10.5 Å². The standard InChI is InChI=1S/C15H21N3O4S/c1-2-13(15(16)20)18-10-11(8-14(18)19)9-17-23(21,22)12-6-4-3-5-7-12/h3-7,11,13,17H,2,8-10H2,1H3,(H2,16,20)/t11-,13-/m0/s1. The summed E-state index contributed by atoms with van der Waals surface area (Å²) in [7, 11) is -3.60. The molecular weight excluding hydrogens is 318 g/mol. The number of carbonyl (C=O) groups is 2. The Morgan fingerprint density at radius 2 is 2.04 bits per heavy atom. The molecule has 1 aliphatic heterocycles. The van der Waals surface area contributed by atoms with Crippen molar-refractivity contribution < 1.29 is 18.0 Å². The van der Waals surface area contributed by atoms with Crippen molar-refractivity contribution in [1.29, 1.82) is 0 Å². The largest absolute Gasteiger partial charge is 0.368 e. The Morgan fingerprint density at radius 1 is 1.39 bits per heavy atom. The van der Waals surface area contributed by atoms with E-state index in [2.05, 4.69) is 4.72 Å². The smallest absolute Gasteiger partial charge is 0.240 e. The second kappa shape index (κ2) is 7.10. The maximum absolute atomic E-state index is 12.2. The zero-order valence-corrected chi connectivity index (χ0v) is 13.8. The van der Waals surface area contributed by atoms with E-state index >= 15 is 0 Å². The molecule has 0 aliphatic carbocycles. The van der Waals surface area contributed by atoms with Gasteiger partial charge in [0, 0.05) is 19.5 Å². The second-order valence-electron chi connectivity index (χ2n) is 5.61. The van der Waals surface area contributed by atoms with Crippen LogP contribution in [0.15, 0.2) is 35.2 Å². The van der Waals surface area contributed by atoms with Crippen LogP contribution >= 0.6 is 0 Å². The summed E-state index contributed by atoms with van der Waals surface area (Å²) in [4.78, 5) is 25.0. The monoisotopic (exact) mass is 339 g/mol. The Bertz CT molecular complexity index is 675. The van der Waals surface area contributed by atoms with Gasteiger partial charge >= 0.3 is 0 Å². The third-order valence-corrected chi connectivity index (χ3v) is 5.38. The lowest BCUT2D eigenvalue weighted by Gasteiger charge is -2.24. The minimum Gasteiger partial charge on any atom is -0.368 e. The number of nitrogens with two attached hydrogens (primary N) is 1. The molecule has 0 spiro atoms. The molecule has 0 aromatic heterocycles. The predicted octanol–water partition coefficient (Wildman–Crippen LogP) is 0.0773. The fraction of sp³-hybridized carbons (Fsp3) is 0.467. The Hall–Kier alpha value is -1.93. The van der Waals surface area contributed by atoms with Gasteiger partial charge in [0.2, 0.25) is 21.8 Å². The number of sulfonamides is 1. The van der Waals surface area contributed by atoms with Gasteiger partial charge in [-0.2, -0.15) is 0 Å². The number of carbonyl (C=O) groups excluding carboxylic acids is 2. The van der Waals surface area contributed by atoms with Crippen LogP contribution in [0.25, 0.3) is 0 Å². The van der Waals surface area contributed by atoms with Crippen molar-refractivity contribution >= 4 is 21.8 Å². The number of primary amides is 1. The molecule has 0 radical (unpaired) electrons. The molecule has 1 aromatic carbocycles. The third-order valence-electron chi connectivity index (χ3n) is 3.95. The van der Waals surface area contributed by atoms with Crippen LogP contribution in [0, 0.1) is 5.92 Å². The second-order valence-corrected chi connectivity index (χ2v) is 7.37. The number of amides is 2. The quantitative estimate of drug-likeness (QED) is 0.733. The van der Waals surface area contributed by atoms with E-state index in [4.69, 9.17) is 5.73 Å². The van der Waals surface area contributed by atoms with E-state index in [0.717, 1.165) is 0 Å². The number of likely N-dealkylation sites (tertiary alicyclic amines) is 1. The maximum Gasteiger partial charge on any atom is 0.240 e. The van der Waals surface area contributed by atoms with Crippen molar-refractivity contribution in [3.63, 3.8) is 0 Å². The third kappa shape index (κ3) is 4.08. The highest BCUT2D eigenvalue weighted by Crippen LogP contribution is 2.21. The summed E-state index contributed by atoms with van der Waals surface area (Å²) in [5.41, 5.74) is 5.31. The fourth-order valence-corrected chi connectivity index (χ4v) is 3.87. The van der Waals surface area contributed by atoms with E-state index < -0.39 is 22.0 Å². The minimum atomic E-state index is -3.60. The van der Waals surface area contributed by atoms with Crippen LogP contribution in [-0.4, -0.2) is 44.3 Å². The molecule has 0 saturated carbocycles. The van der Waals surface area contributed by atoms with Crippen molar-refractivity contribution in [3.8, 4) is 0 Å². The SMILES string of the molecule is CC[C@@H](C(N)=O)N1C[C@H](CNS(=O)(=O)c2ccccc2)CC1=O. The van der Waals surface area contributed by atoms with E-state index in [-0.39, 0.29) is 29.7 Å². The lowest BCUT2D eigenvalue weighted by molar-refractivity contribution is -0.136. The molecule has 0 bridgehead atoms. The first-order valence-corrected chi connectivity index (χ1v) is 8.97. The van der Waals surface area contributed by atoms with Crippen molar-refractivity contribution in [1.82, 2.24) is 9.62 Å². The first-order valence-electron chi connectivity index (χ1n) is 7.48. The molecule has 8 heteroatoms. The van der Waals surface area contributed by atoms with Gasteiger partial charge < -0.3 is 10.6 Å². The highest BCUT2D eigenvalue weighted by molar-refractivity contribution is 7.89. The molecule has 2 rings (SSSR count). The predicted molar refractivity (Wildman–Crippen MR) is 84.7 cm³/mol. The summed E-state index contributed by atoms with van der Waals surface area (Å²) in [5.74, 6) is -0.875. The van der Waals surface area contributed by atoms with Gasteiger partial charge in [-0.1, -0.05) is 25.1 Å². The molecule has 2 atom stereocenters. The number of hydrogen-bond acceptors (Lipinski definition) is 4.